The molecular weight excluding hydrogens is 578 g/mol. The maximum Gasteiger partial charge on any atom is 0.321 e. The van der Waals surface area contributed by atoms with Crippen LogP contribution in [0.15, 0.2) is 22.7 Å². The van der Waals surface area contributed by atoms with Gasteiger partial charge in [-0.25, -0.2) is 13.2 Å². The zero-order chi connectivity index (χ0) is 31.9. The first-order valence-electron chi connectivity index (χ1n) is 14.5. The molecule has 0 fully saturated rings. The second kappa shape index (κ2) is 14.9. The number of nitrogens with one attached hydrogen (secondary N) is 2. The second-order valence-corrected chi connectivity index (χ2v) is 13.1. The van der Waals surface area contributed by atoms with E-state index in [4.69, 9.17) is 14.0 Å². The lowest BCUT2D eigenvalue weighted by Gasteiger charge is -2.35. The Kier molecular flexibility index (Phi) is 11.8. The van der Waals surface area contributed by atoms with Gasteiger partial charge in [0.15, 0.2) is 5.76 Å². The first-order chi connectivity index (χ1) is 20.2. The molecule has 0 saturated carbocycles. The van der Waals surface area contributed by atoms with Crippen molar-refractivity contribution in [2.45, 2.75) is 72.1 Å². The Labute approximate surface area is 253 Å². The van der Waals surface area contributed by atoms with Crippen LogP contribution in [0, 0.1) is 19.8 Å². The van der Waals surface area contributed by atoms with Gasteiger partial charge >= 0.3 is 6.03 Å². The number of aliphatic hydroxyl groups excluding tert-OH is 1. The summed E-state index contributed by atoms with van der Waals surface area (Å²) in [5.41, 5.74) is 1.50. The lowest BCUT2D eigenvalue weighted by molar-refractivity contribution is -0.0115. The fourth-order valence-corrected chi connectivity index (χ4v) is 5.43. The number of rotatable bonds is 7. The number of amides is 3. The number of ether oxygens (including phenoxy) is 2. The highest BCUT2D eigenvalue weighted by Crippen LogP contribution is 2.29. The molecule has 3 N–H and O–H groups in total. The summed E-state index contributed by atoms with van der Waals surface area (Å²) in [7, 11) is -1.92. The Bertz CT molecular complexity index is 1350. The Hall–Kier alpha value is -3.36. The third-order valence-electron chi connectivity index (χ3n) is 7.42. The molecule has 0 aliphatic carbocycles. The van der Waals surface area contributed by atoms with Gasteiger partial charge in [0.2, 0.25) is 10.0 Å². The predicted molar refractivity (Wildman–Crippen MR) is 163 cm³/mol. The maximum absolute atomic E-state index is 14.1. The number of anilines is 2. The van der Waals surface area contributed by atoms with Gasteiger partial charge in [-0.1, -0.05) is 12.1 Å². The van der Waals surface area contributed by atoms with Crippen molar-refractivity contribution in [1.29, 1.82) is 0 Å². The normalized spacial score (nSPS) is 21.3. The molecule has 1 aromatic carbocycles. The third kappa shape index (κ3) is 9.57. The van der Waals surface area contributed by atoms with E-state index < -0.39 is 28.1 Å². The first kappa shape index (κ1) is 34.1. The number of aryl methyl sites for hydroxylation is 2. The first-order valence-corrected chi connectivity index (χ1v) is 16.4. The van der Waals surface area contributed by atoms with Crippen molar-refractivity contribution < 1.29 is 37.1 Å². The van der Waals surface area contributed by atoms with E-state index in [-0.39, 0.29) is 49.0 Å². The number of likely N-dealkylation sites (N-methyl/N-ethyl adjacent to an activating group) is 1. The number of hydrogen-bond donors (Lipinski definition) is 3. The van der Waals surface area contributed by atoms with Crippen LogP contribution in [0.3, 0.4) is 0 Å². The smallest absolute Gasteiger partial charge is 0.321 e. The van der Waals surface area contributed by atoms with Gasteiger partial charge in [0.1, 0.15) is 17.1 Å². The third-order valence-corrected chi connectivity index (χ3v) is 8.03. The van der Waals surface area contributed by atoms with E-state index in [1.807, 2.05) is 13.8 Å². The highest BCUT2D eigenvalue weighted by molar-refractivity contribution is 7.92. The van der Waals surface area contributed by atoms with E-state index >= 15 is 0 Å². The van der Waals surface area contributed by atoms with Gasteiger partial charge in [-0.15, -0.1) is 0 Å². The molecule has 1 aliphatic rings. The molecule has 0 unspecified atom stereocenters. The molecule has 0 saturated heterocycles. The van der Waals surface area contributed by atoms with Gasteiger partial charge < -0.3 is 34.2 Å². The molecular formula is C29H45N5O8S. The van der Waals surface area contributed by atoms with Gasteiger partial charge in [-0.05, 0) is 65.2 Å². The van der Waals surface area contributed by atoms with E-state index in [9.17, 15) is 23.1 Å². The molecule has 4 atom stereocenters. The fraction of sp³-hybridized carbons (Fsp3) is 0.621. The molecule has 2 heterocycles. The van der Waals surface area contributed by atoms with Crippen LogP contribution in [0.25, 0.3) is 0 Å². The van der Waals surface area contributed by atoms with E-state index in [2.05, 4.69) is 15.2 Å². The van der Waals surface area contributed by atoms with Gasteiger partial charge in [0.25, 0.3) is 5.91 Å². The molecule has 0 spiro atoms. The average Bonchev–Trinajstić information content (AvgIpc) is 3.25. The molecule has 0 radical (unpaired) electrons. The SMILES string of the molecule is Cc1noc(C)c1NC(=O)N(C)C[C@H]1OCCCC[C@H](C)Oc2ccc(NS(C)(=O)=O)cc2C(=O)N([C@@H](C)CO)C[C@H]1C. The van der Waals surface area contributed by atoms with Crippen molar-refractivity contribution in [2.24, 2.45) is 5.92 Å². The van der Waals surface area contributed by atoms with Crippen LogP contribution in [-0.2, 0) is 14.8 Å². The minimum Gasteiger partial charge on any atom is -0.490 e. The Morgan fingerprint density at radius 1 is 1.26 bits per heavy atom. The van der Waals surface area contributed by atoms with Gasteiger partial charge in [0, 0.05) is 38.3 Å². The highest BCUT2D eigenvalue weighted by atomic mass is 32.2. The summed E-state index contributed by atoms with van der Waals surface area (Å²) in [6, 6.07) is 3.68. The molecule has 3 amide bonds. The summed E-state index contributed by atoms with van der Waals surface area (Å²) in [5, 5.41) is 16.8. The summed E-state index contributed by atoms with van der Waals surface area (Å²) in [6.07, 6.45) is 2.67. The molecule has 1 aliphatic heterocycles. The number of urea groups is 1. The zero-order valence-electron chi connectivity index (χ0n) is 26.0. The number of fused-ring (bicyclic) bond motifs is 1. The zero-order valence-corrected chi connectivity index (χ0v) is 26.9. The minimum absolute atomic E-state index is 0.179. The number of carbonyl (C=O) groups excluding carboxylic acids is 2. The minimum atomic E-state index is -3.59. The lowest BCUT2D eigenvalue weighted by Crippen LogP contribution is -2.48. The van der Waals surface area contributed by atoms with Crippen LogP contribution in [0.1, 0.15) is 61.8 Å². The van der Waals surface area contributed by atoms with E-state index in [1.54, 1.807) is 40.0 Å². The van der Waals surface area contributed by atoms with E-state index in [0.29, 0.717) is 35.9 Å². The molecule has 3 rings (SSSR count). The summed E-state index contributed by atoms with van der Waals surface area (Å²) >= 11 is 0. The van der Waals surface area contributed by atoms with Crippen LogP contribution in [-0.4, -0.2) is 98.3 Å². The van der Waals surface area contributed by atoms with Crippen LogP contribution in [0.4, 0.5) is 16.2 Å². The van der Waals surface area contributed by atoms with Crippen molar-refractivity contribution in [3.05, 3.63) is 35.2 Å². The molecule has 14 heteroatoms. The van der Waals surface area contributed by atoms with Crippen molar-refractivity contribution >= 4 is 33.3 Å². The number of sulfonamides is 1. The van der Waals surface area contributed by atoms with Crippen LogP contribution in [0.2, 0.25) is 0 Å². The Morgan fingerprint density at radius 2 is 1.98 bits per heavy atom. The summed E-state index contributed by atoms with van der Waals surface area (Å²) in [4.78, 5) is 30.2. The average molecular weight is 624 g/mol. The number of hydrogen-bond acceptors (Lipinski definition) is 9. The van der Waals surface area contributed by atoms with E-state index in [0.717, 1.165) is 19.1 Å². The predicted octanol–water partition coefficient (Wildman–Crippen LogP) is 3.62. The Morgan fingerprint density at radius 3 is 2.60 bits per heavy atom. The van der Waals surface area contributed by atoms with E-state index in [1.165, 1.54) is 15.9 Å². The molecule has 43 heavy (non-hydrogen) atoms. The van der Waals surface area contributed by atoms with Crippen molar-refractivity contribution in [2.75, 3.05) is 49.6 Å². The van der Waals surface area contributed by atoms with Gasteiger partial charge in [-0.2, -0.15) is 0 Å². The number of nitrogens with zero attached hydrogens (tertiary/aromatic N) is 3. The number of benzene rings is 1. The van der Waals surface area contributed by atoms with Gasteiger partial charge in [-0.3, -0.25) is 9.52 Å². The van der Waals surface area contributed by atoms with Gasteiger partial charge in [0.05, 0.1) is 36.7 Å². The fourth-order valence-electron chi connectivity index (χ4n) is 4.88. The number of aromatic nitrogens is 1. The molecule has 0 bridgehead atoms. The molecule has 2 aromatic rings. The summed E-state index contributed by atoms with van der Waals surface area (Å²) < 4.78 is 43.9. The summed E-state index contributed by atoms with van der Waals surface area (Å²) in [5.74, 6) is 0.159. The molecule has 1 aromatic heterocycles. The van der Waals surface area contributed by atoms with Crippen LogP contribution < -0.4 is 14.8 Å². The second-order valence-electron chi connectivity index (χ2n) is 11.4. The van der Waals surface area contributed by atoms with Crippen molar-refractivity contribution in [3.63, 3.8) is 0 Å². The monoisotopic (exact) mass is 623 g/mol. The van der Waals surface area contributed by atoms with Crippen LogP contribution in [0.5, 0.6) is 5.75 Å². The molecule has 13 nitrogen and oxygen atoms in total. The van der Waals surface area contributed by atoms with Crippen molar-refractivity contribution in [3.8, 4) is 5.75 Å². The number of carbonyl (C=O) groups is 2. The largest absolute Gasteiger partial charge is 0.490 e. The number of aliphatic hydroxyl groups is 1. The van der Waals surface area contributed by atoms with Crippen LogP contribution >= 0.6 is 0 Å². The Balaban J connectivity index is 1.92. The summed E-state index contributed by atoms with van der Waals surface area (Å²) in [6.45, 7) is 9.64. The molecule has 240 valence electrons. The highest BCUT2D eigenvalue weighted by Gasteiger charge is 2.31. The standard InChI is InChI=1S/C29H45N5O8S/c1-18-15-34(19(2)17-35)28(36)24-14-23(32-43(7,38)39)11-12-25(24)41-20(3)10-8-9-13-40-26(18)16-33(6)29(37)30-27-21(4)31-42-22(27)5/h11-12,14,18-20,26,32,35H,8-10,13,15-17H2,1-7H3,(H,30,37)/t18-,19+,20+,26-/m1/s1. The quantitative estimate of drug-likeness (QED) is 0.418. The van der Waals surface area contributed by atoms with Crippen molar-refractivity contribution in [1.82, 2.24) is 15.0 Å². The maximum atomic E-state index is 14.1. The lowest BCUT2D eigenvalue weighted by atomic mass is 10.0. The topological polar surface area (TPSA) is 164 Å².